The van der Waals surface area contributed by atoms with Gasteiger partial charge in [-0.1, -0.05) is 26.3 Å². The minimum atomic E-state index is -0.586. The summed E-state index contributed by atoms with van der Waals surface area (Å²) in [4.78, 5) is 30.3. The Morgan fingerprint density at radius 3 is 2.38 bits per heavy atom. The first-order valence-electron chi connectivity index (χ1n) is 9.70. The van der Waals surface area contributed by atoms with E-state index in [1.54, 1.807) is 20.8 Å². The van der Waals surface area contributed by atoms with Crippen molar-refractivity contribution in [2.24, 2.45) is 0 Å². The molecule has 1 fully saturated rings. The molecule has 2 amide bonds. The Labute approximate surface area is 206 Å². The summed E-state index contributed by atoms with van der Waals surface area (Å²) in [5, 5.41) is 3.53. The van der Waals surface area contributed by atoms with Gasteiger partial charge in [-0.15, -0.1) is 17.9 Å². The van der Waals surface area contributed by atoms with Gasteiger partial charge in [-0.05, 0) is 38.4 Å². The normalized spacial score (nSPS) is 14.0. The van der Waals surface area contributed by atoms with Crippen molar-refractivity contribution in [2.75, 3.05) is 13.1 Å². The Morgan fingerprint density at radius 1 is 1.38 bits per heavy atom. The van der Waals surface area contributed by atoms with E-state index >= 15 is 0 Å². The SMILES string of the molecule is CCC.[B]c1sc(C2CC2)nc1C(=O)N(C[CH2-])[C@@H]([CH2-])CNC(=O)OC(C)(C)C.[Y]. The molecule has 1 N–H and O–H groups in total. The minimum Gasteiger partial charge on any atom is -0.444 e. The zero-order valence-electron chi connectivity index (χ0n) is 18.3. The largest absolute Gasteiger partial charge is 0.444 e. The van der Waals surface area contributed by atoms with Gasteiger partial charge >= 0.3 is 6.09 Å². The predicted molar refractivity (Wildman–Crippen MR) is 115 cm³/mol. The number of nitrogens with zero attached hydrogens (tertiary/aromatic N) is 2. The van der Waals surface area contributed by atoms with Crippen LogP contribution in [0.15, 0.2) is 0 Å². The zero-order valence-corrected chi connectivity index (χ0v) is 21.9. The first kappa shape index (κ1) is 28.5. The number of rotatable bonds is 6. The first-order chi connectivity index (χ1) is 13.0. The van der Waals surface area contributed by atoms with Crippen molar-refractivity contribution in [3.05, 3.63) is 24.5 Å². The average molecular weight is 494 g/mol. The molecule has 6 nitrogen and oxygen atoms in total. The number of carbonyl (C=O) groups is 2. The molecule has 1 aromatic heterocycles. The van der Waals surface area contributed by atoms with Gasteiger partial charge in [0.25, 0.3) is 5.91 Å². The number of carbonyl (C=O) groups excluding carboxylic acids is 2. The third-order valence-electron chi connectivity index (χ3n) is 3.62. The molecular weight excluding hydrogens is 462 g/mol. The monoisotopic (exact) mass is 494 g/mol. The molecule has 0 aromatic carbocycles. The molecule has 1 saturated carbocycles. The number of hydrogen-bond donors (Lipinski definition) is 1. The fourth-order valence-electron chi connectivity index (χ4n) is 2.22. The van der Waals surface area contributed by atoms with Crippen molar-refractivity contribution in [1.29, 1.82) is 0 Å². The predicted octanol–water partition coefficient (Wildman–Crippen LogP) is 3.23. The maximum Gasteiger partial charge on any atom is 0.407 e. The maximum atomic E-state index is 12.7. The molecule has 1 heterocycles. The minimum absolute atomic E-state index is 0. The van der Waals surface area contributed by atoms with E-state index in [-0.39, 0.29) is 57.4 Å². The summed E-state index contributed by atoms with van der Waals surface area (Å²) < 4.78 is 5.59. The second-order valence-corrected chi connectivity index (χ2v) is 8.84. The van der Waals surface area contributed by atoms with Crippen LogP contribution in [0.1, 0.15) is 75.3 Å². The van der Waals surface area contributed by atoms with Crippen LogP contribution >= 0.6 is 11.3 Å². The molecule has 29 heavy (non-hydrogen) atoms. The molecule has 0 bridgehead atoms. The maximum absolute atomic E-state index is 12.7. The van der Waals surface area contributed by atoms with Crippen molar-refractivity contribution in [3.63, 3.8) is 0 Å². The number of ether oxygens (including phenoxy) is 1. The van der Waals surface area contributed by atoms with Gasteiger partial charge in [0.05, 0.1) is 5.01 Å². The Morgan fingerprint density at radius 2 is 1.93 bits per heavy atom. The van der Waals surface area contributed by atoms with Crippen LogP contribution < -0.4 is 10.1 Å². The van der Waals surface area contributed by atoms with Gasteiger partial charge in [-0.2, -0.15) is 0 Å². The van der Waals surface area contributed by atoms with Gasteiger partial charge in [0.2, 0.25) is 0 Å². The Balaban J connectivity index is 0.00000184. The van der Waals surface area contributed by atoms with E-state index in [4.69, 9.17) is 12.6 Å². The van der Waals surface area contributed by atoms with Crippen LogP contribution in [0.5, 0.6) is 0 Å². The number of alkyl carbamates (subject to hydrolysis) is 1. The number of aromatic nitrogens is 1. The number of amides is 2. The van der Waals surface area contributed by atoms with Gasteiger partial charge < -0.3 is 28.8 Å². The van der Waals surface area contributed by atoms with Crippen LogP contribution in [-0.4, -0.2) is 54.5 Å². The van der Waals surface area contributed by atoms with Crippen molar-refractivity contribution in [2.45, 2.75) is 71.4 Å². The zero-order chi connectivity index (χ0) is 21.5. The van der Waals surface area contributed by atoms with Gasteiger partial charge in [0.15, 0.2) is 0 Å². The first-order valence-corrected chi connectivity index (χ1v) is 10.5. The fourth-order valence-corrected chi connectivity index (χ4v) is 3.21. The van der Waals surface area contributed by atoms with E-state index < -0.39 is 17.7 Å². The van der Waals surface area contributed by atoms with Gasteiger partial charge in [0, 0.05) is 45.2 Å². The molecule has 0 aliphatic heterocycles. The van der Waals surface area contributed by atoms with E-state index in [0.717, 1.165) is 17.8 Å². The summed E-state index contributed by atoms with van der Waals surface area (Å²) in [6, 6.07) is -0.511. The van der Waals surface area contributed by atoms with Crippen LogP contribution in [0.3, 0.4) is 0 Å². The Hall–Kier alpha value is -0.461. The number of thiazole rings is 1. The quantitative estimate of drug-likeness (QED) is 0.487. The van der Waals surface area contributed by atoms with Crippen molar-refractivity contribution < 1.29 is 47.0 Å². The summed E-state index contributed by atoms with van der Waals surface area (Å²) in [7, 11) is 5.97. The molecule has 1 aliphatic rings. The fraction of sp³-hybridized carbons (Fsp3) is 0.650. The van der Waals surface area contributed by atoms with Crippen molar-refractivity contribution in [3.8, 4) is 0 Å². The Bertz CT molecular complexity index is 660. The molecule has 1 aromatic rings. The molecule has 0 spiro atoms. The average Bonchev–Trinajstić information content (AvgIpc) is 3.35. The molecule has 0 saturated heterocycles. The van der Waals surface area contributed by atoms with E-state index in [1.807, 2.05) is 0 Å². The Kier molecular flexibility index (Phi) is 12.9. The van der Waals surface area contributed by atoms with Crippen LogP contribution in [0, 0.1) is 13.8 Å². The van der Waals surface area contributed by atoms with Gasteiger partial charge in [0.1, 0.15) is 19.1 Å². The third kappa shape index (κ3) is 9.93. The van der Waals surface area contributed by atoms with Crippen molar-refractivity contribution >= 4 is 36.0 Å². The van der Waals surface area contributed by atoms with E-state index in [0.29, 0.717) is 10.7 Å². The van der Waals surface area contributed by atoms with Crippen LogP contribution in [0.2, 0.25) is 0 Å². The summed E-state index contributed by atoms with van der Waals surface area (Å²) in [5.41, 5.74) is -0.335. The van der Waals surface area contributed by atoms with E-state index in [9.17, 15) is 9.59 Å². The number of hydrogen-bond acceptors (Lipinski definition) is 5. The van der Waals surface area contributed by atoms with E-state index in [1.165, 1.54) is 22.7 Å². The second kappa shape index (κ2) is 13.1. The third-order valence-corrected chi connectivity index (χ3v) is 4.67. The molecule has 159 valence electrons. The van der Waals surface area contributed by atoms with Crippen molar-refractivity contribution in [1.82, 2.24) is 15.2 Å². The summed E-state index contributed by atoms with van der Waals surface area (Å²) in [6.45, 7) is 17.7. The topological polar surface area (TPSA) is 71.5 Å². The molecule has 1 atom stereocenters. The van der Waals surface area contributed by atoms with Crippen LogP contribution in [-0.2, 0) is 37.4 Å². The molecule has 3 radical (unpaired) electrons. The smallest absolute Gasteiger partial charge is 0.407 e. The standard InChI is InChI=1S/C17H24BN3O3S.C3H8.Y/c1-6-21(10(2)9-19-16(23)24-17(3,4)5)15(22)12-13(18)25-14(20-12)11-7-8-11;1-3-2;/h10-11H,1-2,6-9H2,3-5H3,(H,19,23);3H2,1-2H3;/q-2;;/t10-;;/m0../s1. The summed E-state index contributed by atoms with van der Waals surface area (Å²) >= 11 is 1.37. The van der Waals surface area contributed by atoms with E-state index in [2.05, 4.69) is 38.0 Å². The van der Waals surface area contributed by atoms with Crippen LogP contribution in [0.25, 0.3) is 0 Å². The van der Waals surface area contributed by atoms with Gasteiger partial charge in [-0.25, -0.2) is 9.78 Å². The van der Waals surface area contributed by atoms with Crippen LogP contribution in [0.4, 0.5) is 4.79 Å². The molecule has 1 aliphatic carbocycles. The molecular formula is C20H32BN3O3SY-2. The summed E-state index contributed by atoms with van der Waals surface area (Å²) in [5.74, 6) is 0.119. The second-order valence-electron chi connectivity index (χ2n) is 7.78. The molecule has 2 rings (SSSR count). The van der Waals surface area contributed by atoms with Gasteiger partial charge in [-0.3, -0.25) is 4.79 Å². The number of nitrogens with one attached hydrogen (secondary N) is 1. The molecule has 0 unspecified atom stereocenters. The molecule has 9 heteroatoms. The summed E-state index contributed by atoms with van der Waals surface area (Å²) in [6.07, 6.45) is 2.89.